The van der Waals surface area contributed by atoms with Crippen molar-refractivity contribution in [1.29, 1.82) is 0 Å². The molecule has 1 fully saturated rings. The first-order valence-corrected chi connectivity index (χ1v) is 7.49. The van der Waals surface area contributed by atoms with Gasteiger partial charge < -0.3 is 10.1 Å². The first kappa shape index (κ1) is 12.8. The molecule has 0 aromatic heterocycles. The van der Waals surface area contributed by atoms with E-state index in [1.165, 1.54) is 36.3 Å². The molecule has 0 bridgehead atoms. The molecule has 1 N–H and O–H groups in total. The molecule has 94 valence electrons. The molecule has 1 aromatic carbocycles. The van der Waals surface area contributed by atoms with Gasteiger partial charge in [0, 0.05) is 17.7 Å². The molecule has 2 rings (SSSR count). The second kappa shape index (κ2) is 6.31. The van der Waals surface area contributed by atoms with Crippen LogP contribution in [0.15, 0.2) is 29.2 Å². The molecule has 0 amide bonds. The van der Waals surface area contributed by atoms with E-state index in [4.69, 9.17) is 4.74 Å². The molecule has 2 nitrogen and oxygen atoms in total. The molecule has 0 unspecified atom stereocenters. The molecule has 1 aliphatic carbocycles. The van der Waals surface area contributed by atoms with Crippen molar-refractivity contribution in [2.24, 2.45) is 0 Å². The summed E-state index contributed by atoms with van der Waals surface area (Å²) in [6, 6.07) is 9.07. The first-order chi connectivity index (χ1) is 8.33. The third-order valence-corrected chi connectivity index (χ3v) is 4.15. The molecule has 0 aliphatic heterocycles. The molecular formula is C14H21NOS. The maximum absolute atomic E-state index is 5.56. The van der Waals surface area contributed by atoms with E-state index in [0.29, 0.717) is 12.1 Å². The number of benzene rings is 1. The third kappa shape index (κ3) is 3.39. The minimum atomic E-state index is 0.363. The van der Waals surface area contributed by atoms with Crippen molar-refractivity contribution in [3.63, 3.8) is 0 Å². The lowest BCUT2D eigenvalue weighted by Crippen LogP contribution is -2.37. The highest BCUT2D eigenvalue weighted by molar-refractivity contribution is 7.98. The Morgan fingerprint density at radius 1 is 1.29 bits per heavy atom. The van der Waals surface area contributed by atoms with Gasteiger partial charge in [0.05, 0.1) is 12.1 Å². The number of hydrogen-bond donors (Lipinski definition) is 1. The molecule has 1 aromatic rings. The van der Waals surface area contributed by atoms with Gasteiger partial charge in [-0.1, -0.05) is 18.9 Å². The normalized spacial score (nSPS) is 24.6. The van der Waals surface area contributed by atoms with Crippen LogP contribution in [0.5, 0.6) is 0 Å². The molecule has 3 heteroatoms. The van der Waals surface area contributed by atoms with Crippen LogP contribution < -0.4 is 5.32 Å². The smallest absolute Gasteiger partial charge is 0.0772 e. The Morgan fingerprint density at radius 2 is 2.12 bits per heavy atom. The molecule has 0 spiro atoms. The summed E-state index contributed by atoms with van der Waals surface area (Å²) in [5.41, 5.74) is 1.21. The summed E-state index contributed by atoms with van der Waals surface area (Å²) >= 11 is 1.78. The topological polar surface area (TPSA) is 21.3 Å². The van der Waals surface area contributed by atoms with Crippen LogP contribution in [0.4, 0.5) is 5.69 Å². The Kier molecular flexibility index (Phi) is 4.75. The number of nitrogens with one attached hydrogen (secondary N) is 1. The number of hydrogen-bond acceptors (Lipinski definition) is 3. The summed E-state index contributed by atoms with van der Waals surface area (Å²) in [4.78, 5) is 1.31. The van der Waals surface area contributed by atoms with Crippen LogP contribution in [0.3, 0.4) is 0 Å². The van der Waals surface area contributed by atoms with Crippen LogP contribution >= 0.6 is 11.8 Å². The van der Waals surface area contributed by atoms with Crippen LogP contribution in [-0.2, 0) is 4.74 Å². The summed E-state index contributed by atoms with van der Waals surface area (Å²) in [6.45, 7) is 0. The van der Waals surface area contributed by atoms with Crippen molar-refractivity contribution in [2.75, 3.05) is 18.7 Å². The molecule has 2 atom stereocenters. The standard InChI is InChI=1S/C14H21NOS/c1-16-14-9-4-3-8-13(14)15-11-6-5-7-12(10-11)17-2/h5-7,10,13-15H,3-4,8-9H2,1-2H3/t13-,14+/m1/s1. The summed E-state index contributed by atoms with van der Waals surface area (Å²) < 4.78 is 5.56. The van der Waals surface area contributed by atoms with Gasteiger partial charge in [0.2, 0.25) is 0 Å². The first-order valence-electron chi connectivity index (χ1n) is 6.27. The van der Waals surface area contributed by atoms with Gasteiger partial charge in [-0.15, -0.1) is 11.8 Å². The second-order valence-corrected chi connectivity index (χ2v) is 5.42. The third-order valence-electron chi connectivity index (χ3n) is 3.43. The van der Waals surface area contributed by atoms with Gasteiger partial charge in [0.25, 0.3) is 0 Å². The maximum Gasteiger partial charge on any atom is 0.0772 e. The zero-order valence-electron chi connectivity index (χ0n) is 10.6. The van der Waals surface area contributed by atoms with Crippen LogP contribution in [-0.4, -0.2) is 25.5 Å². The monoisotopic (exact) mass is 251 g/mol. The Labute approximate surface area is 108 Å². The van der Waals surface area contributed by atoms with Crippen LogP contribution in [0.2, 0.25) is 0 Å². The van der Waals surface area contributed by atoms with Gasteiger partial charge in [-0.25, -0.2) is 0 Å². The van der Waals surface area contributed by atoms with E-state index < -0.39 is 0 Å². The predicted molar refractivity (Wildman–Crippen MR) is 74.9 cm³/mol. The highest BCUT2D eigenvalue weighted by atomic mass is 32.2. The largest absolute Gasteiger partial charge is 0.380 e. The highest BCUT2D eigenvalue weighted by Crippen LogP contribution is 2.26. The van der Waals surface area contributed by atoms with Crippen molar-refractivity contribution < 1.29 is 4.74 Å². The average molecular weight is 251 g/mol. The average Bonchev–Trinajstić information content (AvgIpc) is 2.39. The minimum Gasteiger partial charge on any atom is -0.380 e. The fourth-order valence-corrected chi connectivity index (χ4v) is 2.93. The molecule has 0 heterocycles. The molecule has 1 aliphatic rings. The van der Waals surface area contributed by atoms with Crippen molar-refractivity contribution in [1.82, 2.24) is 0 Å². The van der Waals surface area contributed by atoms with Crippen molar-refractivity contribution in [2.45, 2.75) is 42.7 Å². The maximum atomic E-state index is 5.56. The SMILES string of the molecule is CO[C@H]1CCCC[C@H]1Nc1cccc(SC)c1. The molecule has 0 radical (unpaired) electrons. The lowest BCUT2D eigenvalue weighted by atomic mass is 9.92. The zero-order chi connectivity index (χ0) is 12.1. The Hall–Kier alpha value is -0.670. The number of rotatable bonds is 4. The Morgan fingerprint density at radius 3 is 2.88 bits per heavy atom. The van der Waals surface area contributed by atoms with Crippen LogP contribution in [0.25, 0.3) is 0 Å². The summed E-state index contributed by atoms with van der Waals surface area (Å²) in [5.74, 6) is 0. The van der Waals surface area contributed by atoms with E-state index in [1.807, 2.05) is 7.11 Å². The van der Waals surface area contributed by atoms with Gasteiger partial charge in [0.1, 0.15) is 0 Å². The number of ether oxygens (including phenoxy) is 1. The molecular weight excluding hydrogens is 230 g/mol. The molecule has 1 saturated carbocycles. The fraction of sp³-hybridized carbons (Fsp3) is 0.571. The minimum absolute atomic E-state index is 0.363. The zero-order valence-corrected chi connectivity index (χ0v) is 11.4. The van der Waals surface area contributed by atoms with E-state index in [2.05, 4.69) is 35.8 Å². The molecule has 0 saturated heterocycles. The van der Waals surface area contributed by atoms with Crippen molar-refractivity contribution >= 4 is 17.4 Å². The summed E-state index contributed by atoms with van der Waals surface area (Å²) in [6.07, 6.45) is 7.46. The number of thioether (sulfide) groups is 1. The highest BCUT2D eigenvalue weighted by Gasteiger charge is 2.24. The van der Waals surface area contributed by atoms with E-state index in [1.54, 1.807) is 11.8 Å². The van der Waals surface area contributed by atoms with E-state index in [9.17, 15) is 0 Å². The van der Waals surface area contributed by atoms with Crippen molar-refractivity contribution in [3.8, 4) is 0 Å². The Bertz CT molecular complexity index is 356. The summed E-state index contributed by atoms with van der Waals surface area (Å²) in [7, 11) is 1.82. The lowest BCUT2D eigenvalue weighted by Gasteiger charge is -2.31. The van der Waals surface area contributed by atoms with Gasteiger partial charge in [-0.3, -0.25) is 0 Å². The van der Waals surface area contributed by atoms with Gasteiger partial charge in [-0.05, 0) is 37.3 Å². The van der Waals surface area contributed by atoms with E-state index in [-0.39, 0.29) is 0 Å². The number of anilines is 1. The van der Waals surface area contributed by atoms with E-state index >= 15 is 0 Å². The Balaban J connectivity index is 2.02. The van der Waals surface area contributed by atoms with Gasteiger partial charge >= 0.3 is 0 Å². The van der Waals surface area contributed by atoms with Crippen LogP contribution in [0.1, 0.15) is 25.7 Å². The molecule has 17 heavy (non-hydrogen) atoms. The van der Waals surface area contributed by atoms with Gasteiger partial charge in [0.15, 0.2) is 0 Å². The predicted octanol–water partition coefficient (Wildman–Crippen LogP) is 3.78. The quantitative estimate of drug-likeness (QED) is 0.823. The summed E-state index contributed by atoms with van der Waals surface area (Å²) in [5, 5.41) is 3.62. The van der Waals surface area contributed by atoms with Crippen molar-refractivity contribution in [3.05, 3.63) is 24.3 Å². The van der Waals surface area contributed by atoms with Gasteiger partial charge in [-0.2, -0.15) is 0 Å². The fourth-order valence-electron chi connectivity index (χ4n) is 2.47. The second-order valence-electron chi connectivity index (χ2n) is 4.54. The van der Waals surface area contributed by atoms with E-state index in [0.717, 1.165) is 0 Å². The lowest BCUT2D eigenvalue weighted by molar-refractivity contribution is 0.0606. The number of methoxy groups -OCH3 is 1. The van der Waals surface area contributed by atoms with Crippen LogP contribution in [0, 0.1) is 0 Å².